The van der Waals surface area contributed by atoms with E-state index in [1.54, 1.807) is 11.1 Å². The topological polar surface area (TPSA) is 71.5 Å². The Labute approximate surface area is 150 Å². The molecule has 2 aromatic rings. The second-order valence-electron chi connectivity index (χ2n) is 6.04. The number of likely N-dealkylation sites (tertiary alicyclic amines) is 1. The van der Waals surface area contributed by atoms with Gasteiger partial charge in [-0.15, -0.1) is 11.3 Å². The SMILES string of the molecule is Cc1ccccc1OCC(=O)N1CCC(C(=O)Nc2nccs2)CC1. The maximum Gasteiger partial charge on any atom is 0.260 e. The molecule has 2 amide bonds. The van der Waals surface area contributed by atoms with Crippen molar-refractivity contribution in [1.82, 2.24) is 9.88 Å². The van der Waals surface area contributed by atoms with Gasteiger partial charge in [0.25, 0.3) is 5.91 Å². The number of amides is 2. The first-order valence-electron chi connectivity index (χ1n) is 8.30. The minimum atomic E-state index is -0.0785. The molecule has 1 aromatic carbocycles. The molecule has 3 rings (SSSR count). The first-order valence-corrected chi connectivity index (χ1v) is 9.18. The predicted molar refractivity (Wildman–Crippen MR) is 96.7 cm³/mol. The summed E-state index contributed by atoms with van der Waals surface area (Å²) in [6.07, 6.45) is 2.98. The highest BCUT2D eigenvalue weighted by molar-refractivity contribution is 7.13. The number of rotatable bonds is 5. The number of carbonyl (C=O) groups excluding carboxylic acids is 2. The summed E-state index contributed by atoms with van der Waals surface area (Å²) < 4.78 is 5.62. The van der Waals surface area contributed by atoms with Crippen LogP contribution in [0.4, 0.5) is 5.13 Å². The third-order valence-electron chi connectivity index (χ3n) is 4.33. The maximum atomic E-state index is 12.3. The lowest BCUT2D eigenvalue weighted by Gasteiger charge is -2.31. The average Bonchev–Trinajstić information content (AvgIpc) is 3.14. The van der Waals surface area contributed by atoms with E-state index in [2.05, 4.69) is 10.3 Å². The highest BCUT2D eigenvalue weighted by atomic mass is 32.1. The monoisotopic (exact) mass is 359 g/mol. The van der Waals surface area contributed by atoms with Crippen LogP contribution in [0.2, 0.25) is 0 Å². The molecule has 0 saturated carbocycles. The van der Waals surface area contributed by atoms with E-state index in [9.17, 15) is 9.59 Å². The summed E-state index contributed by atoms with van der Waals surface area (Å²) in [6.45, 7) is 3.13. The largest absolute Gasteiger partial charge is 0.484 e. The van der Waals surface area contributed by atoms with Crippen molar-refractivity contribution in [3.8, 4) is 5.75 Å². The minimum Gasteiger partial charge on any atom is -0.484 e. The van der Waals surface area contributed by atoms with Gasteiger partial charge in [-0.3, -0.25) is 9.59 Å². The minimum absolute atomic E-state index is 0.0155. The van der Waals surface area contributed by atoms with Crippen LogP contribution in [0.3, 0.4) is 0 Å². The van der Waals surface area contributed by atoms with E-state index < -0.39 is 0 Å². The van der Waals surface area contributed by atoms with Gasteiger partial charge in [0.2, 0.25) is 5.91 Å². The number of para-hydroxylation sites is 1. The number of carbonyl (C=O) groups is 2. The molecule has 1 N–H and O–H groups in total. The van der Waals surface area contributed by atoms with Gasteiger partial charge in [-0.05, 0) is 31.4 Å². The van der Waals surface area contributed by atoms with Crippen LogP contribution >= 0.6 is 11.3 Å². The van der Waals surface area contributed by atoms with Crippen LogP contribution in [0.15, 0.2) is 35.8 Å². The molecule has 0 aliphatic carbocycles. The van der Waals surface area contributed by atoms with E-state index in [1.165, 1.54) is 11.3 Å². The molecule has 1 fully saturated rings. The molecule has 0 radical (unpaired) electrons. The third-order valence-corrected chi connectivity index (χ3v) is 5.01. The number of aromatic nitrogens is 1. The Hall–Kier alpha value is -2.41. The Balaban J connectivity index is 1.44. The second kappa shape index (κ2) is 8.11. The van der Waals surface area contributed by atoms with Crippen molar-refractivity contribution in [2.45, 2.75) is 19.8 Å². The summed E-state index contributed by atoms with van der Waals surface area (Å²) in [7, 11) is 0. The number of nitrogens with one attached hydrogen (secondary N) is 1. The fourth-order valence-corrected chi connectivity index (χ4v) is 3.36. The summed E-state index contributed by atoms with van der Waals surface area (Å²) in [5.74, 6) is 0.596. The molecular weight excluding hydrogens is 338 g/mol. The van der Waals surface area contributed by atoms with Crippen molar-refractivity contribution in [2.75, 3.05) is 25.0 Å². The number of hydrogen-bond acceptors (Lipinski definition) is 5. The third kappa shape index (κ3) is 4.57. The fraction of sp³-hybridized carbons (Fsp3) is 0.389. The number of thiazole rings is 1. The number of nitrogens with zero attached hydrogens (tertiary/aromatic N) is 2. The molecule has 1 aliphatic heterocycles. The van der Waals surface area contributed by atoms with Gasteiger partial charge in [-0.2, -0.15) is 0 Å². The van der Waals surface area contributed by atoms with Gasteiger partial charge in [0.1, 0.15) is 5.75 Å². The molecule has 0 unspecified atom stereocenters. The van der Waals surface area contributed by atoms with Crippen molar-refractivity contribution in [1.29, 1.82) is 0 Å². The number of ether oxygens (including phenoxy) is 1. The second-order valence-corrected chi connectivity index (χ2v) is 6.93. The molecule has 1 aliphatic rings. The van der Waals surface area contributed by atoms with Gasteiger partial charge >= 0.3 is 0 Å². The highest BCUT2D eigenvalue weighted by Gasteiger charge is 2.27. The number of anilines is 1. The van der Waals surface area contributed by atoms with Gasteiger partial charge in [0.15, 0.2) is 11.7 Å². The van der Waals surface area contributed by atoms with Crippen LogP contribution in [-0.4, -0.2) is 41.4 Å². The molecule has 2 heterocycles. The van der Waals surface area contributed by atoms with E-state index in [4.69, 9.17) is 4.74 Å². The van der Waals surface area contributed by atoms with Crippen molar-refractivity contribution in [2.24, 2.45) is 5.92 Å². The van der Waals surface area contributed by atoms with Crippen LogP contribution < -0.4 is 10.1 Å². The van der Waals surface area contributed by atoms with Crippen LogP contribution in [0.25, 0.3) is 0 Å². The normalized spacial score (nSPS) is 15.0. The fourth-order valence-electron chi connectivity index (χ4n) is 2.83. The standard InChI is InChI=1S/C18H21N3O3S/c1-13-4-2-3-5-15(13)24-12-16(22)21-9-6-14(7-10-21)17(23)20-18-19-8-11-25-18/h2-5,8,11,14H,6-7,9-10,12H2,1H3,(H,19,20,23). The summed E-state index contributed by atoms with van der Waals surface area (Å²) in [4.78, 5) is 30.4. The summed E-state index contributed by atoms with van der Waals surface area (Å²) in [5.41, 5.74) is 1.01. The molecule has 0 bridgehead atoms. The molecule has 0 spiro atoms. The van der Waals surface area contributed by atoms with Gasteiger partial charge in [-0.25, -0.2) is 4.98 Å². The van der Waals surface area contributed by atoms with E-state index in [1.807, 2.05) is 36.6 Å². The number of aryl methyl sites for hydroxylation is 1. The van der Waals surface area contributed by atoms with Crippen LogP contribution in [0, 0.1) is 12.8 Å². The number of piperidine rings is 1. The Morgan fingerprint density at radius 3 is 2.76 bits per heavy atom. The average molecular weight is 359 g/mol. The van der Waals surface area contributed by atoms with Crippen molar-refractivity contribution in [3.05, 3.63) is 41.4 Å². The lowest BCUT2D eigenvalue weighted by Crippen LogP contribution is -2.43. The van der Waals surface area contributed by atoms with Crippen molar-refractivity contribution in [3.63, 3.8) is 0 Å². The Kier molecular flexibility index (Phi) is 5.65. The van der Waals surface area contributed by atoms with Gasteiger partial charge in [-0.1, -0.05) is 18.2 Å². The predicted octanol–water partition coefficient (Wildman–Crippen LogP) is 2.71. The zero-order valence-corrected chi connectivity index (χ0v) is 14.9. The first-order chi connectivity index (χ1) is 12.1. The van der Waals surface area contributed by atoms with Crippen LogP contribution in [0.1, 0.15) is 18.4 Å². The molecule has 7 heteroatoms. The Morgan fingerprint density at radius 2 is 2.08 bits per heavy atom. The summed E-state index contributed by atoms with van der Waals surface area (Å²) in [6, 6.07) is 7.63. The molecular formula is C18H21N3O3S. The lowest BCUT2D eigenvalue weighted by atomic mass is 9.96. The van der Waals surface area contributed by atoms with Crippen molar-refractivity contribution >= 4 is 28.3 Å². The van der Waals surface area contributed by atoms with Gasteiger partial charge in [0.05, 0.1) is 0 Å². The van der Waals surface area contributed by atoms with Gasteiger partial charge in [0, 0.05) is 30.6 Å². The molecule has 1 aromatic heterocycles. The molecule has 25 heavy (non-hydrogen) atoms. The molecule has 0 atom stereocenters. The Bertz CT molecular complexity index is 725. The number of hydrogen-bond donors (Lipinski definition) is 1. The first kappa shape index (κ1) is 17.4. The molecule has 132 valence electrons. The maximum absolute atomic E-state index is 12.3. The smallest absolute Gasteiger partial charge is 0.260 e. The number of benzene rings is 1. The van der Waals surface area contributed by atoms with Crippen LogP contribution in [-0.2, 0) is 9.59 Å². The van der Waals surface area contributed by atoms with E-state index in [0.29, 0.717) is 31.1 Å². The van der Waals surface area contributed by atoms with Crippen LogP contribution in [0.5, 0.6) is 5.75 Å². The van der Waals surface area contributed by atoms with Crippen molar-refractivity contribution < 1.29 is 14.3 Å². The zero-order valence-electron chi connectivity index (χ0n) is 14.1. The molecule has 6 nitrogen and oxygen atoms in total. The summed E-state index contributed by atoms with van der Waals surface area (Å²) in [5, 5.41) is 5.27. The lowest BCUT2D eigenvalue weighted by molar-refractivity contribution is -0.136. The van der Waals surface area contributed by atoms with E-state index in [-0.39, 0.29) is 24.3 Å². The zero-order chi connectivity index (χ0) is 17.6. The highest BCUT2D eigenvalue weighted by Crippen LogP contribution is 2.21. The quantitative estimate of drug-likeness (QED) is 0.891. The van der Waals surface area contributed by atoms with E-state index >= 15 is 0 Å². The van der Waals surface area contributed by atoms with Gasteiger partial charge < -0.3 is 15.0 Å². The Morgan fingerprint density at radius 1 is 1.32 bits per heavy atom. The summed E-state index contributed by atoms with van der Waals surface area (Å²) >= 11 is 1.40. The van der Waals surface area contributed by atoms with E-state index in [0.717, 1.165) is 11.3 Å². The molecule has 1 saturated heterocycles.